The summed E-state index contributed by atoms with van der Waals surface area (Å²) in [4.78, 5) is 54.2. The van der Waals surface area contributed by atoms with Crippen LogP contribution in [0.15, 0.2) is 24.3 Å². The Morgan fingerprint density at radius 3 is 1.89 bits per heavy atom. The summed E-state index contributed by atoms with van der Waals surface area (Å²) in [5, 5.41) is 0. The second-order valence-corrected chi connectivity index (χ2v) is 8.33. The van der Waals surface area contributed by atoms with Crippen LogP contribution in [0, 0.1) is 5.41 Å². The van der Waals surface area contributed by atoms with Crippen molar-refractivity contribution >= 4 is 23.6 Å². The van der Waals surface area contributed by atoms with Gasteiger partial charge in [-0.05, 0) is 18.6 Å². The zero-order valence-corrected chi connectivity index (χ0v) is 16.7. The highest BCUT2D eigenvalue weighted by molar-refractivity contribution is 6.21. The predicted molar refractivity (Wildman–Crippen MR) is 104 cm³/mol. The number of carbonyl (C=O) groups is 4. The predicted octanol–water partition coefficient (Wildman–Crippen LogP) is 1.78. The van der Waals surface area contributed by atoms with Gasteiger partial charge in [0.05, 0.1) is 11.1 Å². The fourth-order valence-corrected chi connectivity index (χ4v) is 3.62. The molecule has 0 saturated carbocycles. The lowest BCUT2D eigenvalue weighted by atomic mass is 9.94. The van der Waals surface area contributed by atoms with Crippen molar-refractivity contribution in [3.8, 4) is 0 Å². The zero-order chi connectivity index (χ0) is 20.5. The molecule has 7 nitrogen and oxygen atoms in total. The highest BCUT2D eigenvalue weighted by Crippen LogP contribution is 2.23. The number of hydrogen-bond donors (Lipinski definition) is 0. The normalized spacial score (nSPS) is 17.2. The molecular formula is C21H27N3O4. The number of nitrogens with zero attached hydrogens (tertiary/aromatic N) is 3. The standard InChI is InChI=1S/C21H27N3O4/c1-21(2,3)20(28)23-13-11-22(12-14-23)17(25)9-6-10-24-18(26)15-7-4-5-8-16(15)19(24)27/h4-5,7-8H,6,9-14H2,1-3H3. The summed E-state index contributed by atoms with van der Waals surface area (Å²) < 4.78 is 0. The summed E-state index contributed by atoms with van der Waals surface area (Å²) in [7, 11) is 0. The van der Waals surface area contributed by atoms with Gasteiger partial charge in [0.15, 0.2) is 0 Å². The Bertz CT molecular complexity index is 769. The van der Waals surface area contributed by atoms with Crippen molar-refractivity contribution in [1.82, 2.24) is 14.7 Å². The molecule has 2 heterocycles. The molecule has 0 aromatic heterocycles. The smallest absolute Gasteiger partial charge is 0.261 e. The molecule has 1 fully saturated rings. The van der Waals surface area contributed by atoms with Crippen LogP contribution < -0.4 is 0 Å². The molecule has 0 radical (unpaired) electrons. The van der Waals surface area contributed by atoms with E-state index in [1.165, 1.54) is 4.90 Å². The Labute approximate surface area is 165 Å². The van der Waals surface area contributed by atoms with E-state index in [1.54, 1.807) is 29.2 Å². The summed E-state index contributed by atoms with van der Waals surface area (Å²) in [6, 6.07) is 6.78. The van der Waals surface area contributed by atoms with Crippen LogP contribution in [0.1, 0.15) is 54.3 Å². The average Bonchev–Trinajstić information content (AvgIpc) is 2.92. The summed E-state index contributed by atoms with van der Waals surface area (Å²) >= 11 is 0. The van der Waals surface area contributed by atoms with Crippen LogP contribution in [-0.2, 0) is 9.59 Å². The van der Waals surface area contributed by atoms with E-state index in [4.69, 9.17) is 0 Å². The third-order valence-corrected chi connectivity index (χ3v) is 5.21. The lowest BCUT2D eigenvalue weighted by Crippen LogP contribution is -2.53. The van der Waals surface area contributed by atoms with E-state index in [-0.39, 0.29) is 36.6 Å². The van der Waals surface area contributed by atoms with Gasteiger partial charge in [-0.2, -0.15) is 0 Å². The lowest BCUT2D eigenvalue weighted by molar-refractivity contribution is -0.145. The van der Waals surface area contributed by atoms with Gasteiger partial charge in [-0.25, -0.2) is 0 Å². The van der Waals surface area contributed by atoms with Gasteiger partial charge >= 0.3 is 0 Å². The van der Waals surface area contributed by atoms with Crippen LogP contribution in [0.25, 0.3) is 0 Å². The quantitative estimate of drug-likeness (QED) is 0.740. The van der Waals surface area contributed by atoms with E-state index in [2.05, 4.69) is 0 Å². The van der Waals surface area contributed by atoms with Crippen molar-refractivity contribution in [3.05, 3.63) is 35.4 Å². The maximum absolute atomic E-state index is 12.5. The van der Waals surface area contributed by atoms with E-state index >= 15 is 0 Å². The molecule has 0 bridgehead atoms. The molecule has 2 aliphatic heterocycles. The maximum Gasteiger partial charge on any atom is 0.261 e. The third kappa shape index (κ3) is 3.93. The van der Waals surface area contributed by atoms with Crippen molar-refractivity contribution in [1.29, 1.82) is 0 Å². The van der Waals surface area contributed by atoms with Crippen molar-refractivity contribution in [2.45, 2.75) is 33.6 Å². The van der Waals surface area contributed by atoms with Gasteiger partial charge in [0.25, 0.3) is 11.8 Å². The van der Waals surface area contributed by atoms with E-state index < -0.39 is 5.41 Å². The number of benzene rings is 1. The summed E-state index contributed by atoms with van der Waals surface area (Å²) in [6.45, 7) is 8.05. The number of rotatable bonds is 4. The minimum atomic E-state index is -0.418. The molecule has 3 rings (SSSR count). The molecule has 1 aromatic carbocycles. The molecule has 2 aliphatic rings. The van der Waals surface area contributed by atoms with Crippen molar-refractivity contribution in [2.24, 2.45) is 5.41 Å². The van der Waals surface area contributed by atoms with E-state index in [0.717, 1.165) is 0 Å². The molecule has 4 amide bonds. The van der Waals surface area contributed by atoms with E-state index in [0.29, 0.717) is 43.7 Å². The molecule has 1 saturated heterocycles. The van der Waals surface area contributed by atoms with Crippen molar-refractivity contribution in [2.75, 3.05) is 32.7 Å². The fraction of sp³-hybridized carbons (Fsp3) is 0.524. The zero-order valence-electron chi connectivity index (χ0n) is 16.7. The number of hydrogen-bond acceptors (Lipinski definition) is 4. The molecule has 150 valence electrons. The Morgan fingerprint density at radius 1 is 0.893 bits per heavy atom. The van der Waals surface area contributed by atoms with Gasteiger partial charge in [0, 0.05) is 44.6 Å². The number of amides is 4. The summed E-state index contributed by atoms with van der Waals surface area (Å²) in [5.74, 6) is -0.477. The topological polar surface area (TPSA) is 78.0 Å². The fourth-order valence-electron chi connectivity index (χ4n) is 3.62. The molecule has 1 aromatic rings. The molecule has 0 atom stereocenters. The maximum atomic E-state index is 12.5. The SMILES string of the molecule is CC(C)(C)C(=O)N1CCN(C(=O)CCCN2C(=O)c3ccccc3C2=O)CC1. The van der Waals surface area contributed by atoms with Crippen LogP contribution in [0.2, 0.25) is 0 Å². The second-order valence-electron chi connectivity index (χ2n) is 8.33. The average molecular weight is 385 g/mol. The molecule has 0 spiro atoms. The van der Waals surface area contributed by atoms with Gasteiger partial charge < -0.3 is 9.80 Å². The number of imide groups is 1. The highest BCUT2D eigenvalue weighted by Gasteiger charge is 2.35. The Hall–Kier alpha value is -2.70. The second kappa shape index (κ2) is 7.73. The van der Waals surface area contributed by atoms with Gasteiger partial charge in [-0.15, -0.1) is 0 Å². The van der Waals surface area contributed by atoms with Gasteiger partial charge in [0.1, 0.15) is 0 Å². The van der Waals surface area contributed by atoms with E-state index in [9.17, 15) is 19.2 Å². The minimum absolute atomic E-state index is 0.000494. The molecule has 7 heteroatoms. The molecule has 28 heavy (non-hydrogen) atoms. The Morgan fingerprint density at radius 2 is 1.39 bits per heavy atom. The first-order valence-electron chi connectivity index (χ1n) is 9.72. The number of piperazine rings is 1. The van der Waals surface area contributed by atoms with Crippen molar-refractivity contribution < 1.29 is 19.2 Å². The first kappa shape index (κ1) is 20.0. The highest BCUT2D eigenvalue weighted by atomic mass is 16.2. The van der Waals surface area contributed by atoms with Crippen LogP contribution in [-0.4, -0.2) is 71.1 Å². The number of carbonyl (C=O) groups excluding carboxylic acids is 4. The van der Waals surface area contributed by atoms with Crippen molar-refractivity contribution in [3.63, 3.8) is 0 Å². The van der Waals surface area contributed by atoms with E-state index in [1.807, 2.05) is 25.7 Å². The van der Waals surface area contributed by atoms with Gasteiger partial charge in [-0.3, -0.25) is 24.1 Å². The molecule has 0 aliphatic carbocycles. The molecule has 0 unspecified atom stereocenters. The summed E-state index contributed by atoms with van der Waals surface area (Å²) in [5.41, 5.74) is 0.440. The van der Waals surface area contributed by atoms with Crippen LogP contribution in [0.5, 0.6) is 0 Å². The first-order valence-corrected chi connectivity index (χ1v) is 9.72. The van der Waals surface area contributed by atoms with Gasteiger partial charge in [0.2, 0.25) is 11.8 Å². The molecule has 0 N–H and O–H groups in total. The Kier molecular flexibility index (Phi) is 5.54. The lowest BCUT2D eigenvalue weighted by Gasteiger charge is -2.37. The Balaban J connectivity index is 1.46. The van der Waals surface area contributed by atoms with Gasteiger partial charge in [-0.1, -0.05) is 32.9 Å². The molecular weight excluding hydrogens is 358 g/mol. The first-order chi connectivity index (χ1) is 13.2. The van der Waals surface area contributed by atoms with Crippen LogP contribution in [0.4, 0.5) is 0 Å². The van der Waals surface area contributed by atoms with Crippen LogP contribution >= 0.6 is 0 Å². The van der Waals surface area contributed by atoms with Crippen LogP contribution in [0.3, 0.4) is 0 Å². The number of fused-ring (bicyclic) bond motifs is 1. The minimum Gasteiger partial charge on any atom is -0.339 e. The largest absolute Gasteiger partial charge is 0.339 e. The third-order valence-electron chi connectivity index (χ3n) is 5.21. The monoisotopic (exact) mass is 385 g/mol. The summed E-state index contributed by atoms with van der Waals surface area (Å²) in [6.07, 6.45) is 0.714.